The molecule has 6 heteroatoms. The number of nitrogens with one attached hydrogen (secondary N) is 2. The van der Waals surface area contributed by atoms with E-state index in [0.717, 1.165) is 30.0 Å². The van der Waals surface area contributed by atoms with E-state index >= 15 is 0 Å². The van der Waals surface area contributed by atoms with E-state index in [1.807, 2.05) is 55.5 Å². The van der Waals surface area contributed by atoms with Gasteiger partial charge in [0.1, 0.15) is 5.75 Å². The normalized spacial score (nSPS) is 16.0. The van der Waals surface area contributed by atoms with Gasteiger partial charge in [-0.25, -0.2) is 0 Å². The average molecular weight is 395 g/mol. The lowest BCUT2D eigenvalue weighted by molar-refractivity contribution is -0.127. The lowest BCUT2D eigenvalue weighted by Crippen LogP contribution is -2.50. The molecule has 0 saturated carbocycles. The predicted molar refractivity (Wildman–Crippen MR) is 107 cm³/mol. The Morgan fingerprint density at radius 3 is 2.58 bits per heavy atom. The van der Waals surface area contributed by atoms with Gasteiger partial charge in [0.05, 0.1) is 13.2 Å². The fraction of sp³-hybridized carbons (Fsp3) is 0.350. The Bertz CT molecular complexity index is 750. The molecule has 2 atom stereocenters. The van der Waals surface area contributed by atoms with Gasteiger partial charge in [-0.05, 0) is 48.3 Å². The van der Waals surface area contributed by atoms with E-state index in [0.29, 0.717) is 10.9 Å². The van der Waals surface area contributed by atoms with Crippen LogP contribution >= 0.6 is 24.0 Å². The summed E-state index contributed by atoms with van der Waals surface area (Å²) in [4.78, 5) is 12.8. The molecule has 2 aromatic rings. The second-order valence-electron chi connectivity index (χ2n) is 6.45. The van der Waals surface area contributed by atoms with Gasteiger partial charge in [0.2, 0.25) is 5.91 Å². The average Bonchev–Trinajstić information content (AvgIpc) is 2.58. The van der Waals surface area contributed by atoms with E-state index in [4.69, 9.17) is 16.3 Å². The number of methoxy groups -OCH3 is 1. The van der Waals surface area contributed by atoms with E-state index in [2.05, 4.69) is 10.6 Å². The highest BCUT2D eigenvalue weighted by Gasteiger charge is 2.30. The zero-order chi connectivity index (χ0) is 17.8. The highest BCUT2D eigenvalue weighted by molar-refractivity contribution is 6.31. The fourth-order valence-electron chi connectivity index (χ4n) is 3.02. The minimum atomic E-state index is -0.313. The standard InChI is InChI=1S/C20H23ClN2O2.ClH/c1-13(15-11-22-12-15)20(24)23-19(17-8-3-4-9-18(17)21)14-6-5-7-16(10-14)25-2;/h3-10,13,15,19,22H,11-12H2,1-2H3,(H,23,24);1H. The van der Waals surface area contributed by atoms with Crippen LogP contribution in [-0.2, 0) is 4.79 Å². The Labute approximate surface area is 165 Å². The van der Waals surface area contributed by atoms with Crippen LogP contribution in [0.4, 0.5) is 0 Å². The minimum Gasteiger partial charge on any atom is -0.497 e. The van der Waals surface area contributed by atoms with Gasteiger partial charge in [-0.3, -0.25) is 4.79 Å². The van der Waals surface area contributed by atoms with Crippen molar-refractivity contribution in [1.29, 1.82) is 0 Å². The van der Waals surface area contributed by atoms with E-state index < -0.39 is 0 Å². The third kappa shape index (κ3) is 4.50. The smallest absolute Gasteiger partial charge is 0.223 e. The van der Waals surface area contributed by atoms with Gasteiger partial charge < -0.3 is 15.4 Å². The molecular formula is C20H24Cl2N2O2. The Hall–Kier alpha value is -1.75. The lowest BCUT2D eigenvalue weighted by Gasteiger charge is -2.33. The third-order valence-electron chi connectivity index (χ3n) is 4.86. The number of hydrogen-bond acceptors (Lipinski definition) is 3. The first-order valence-electron chi connectivity index (χ1n) is 8.49. The Morgan fingerprint density at radius 2 is 1.96 bits per heavy atom. The molecule has 26 heavy (non-hydrogen) atoms. The molecule has 1 heterocycles. The van der Waals surface area contributed by atoms with Crippen molar-refractivity contribution in [2.75, 3.05) is 20.2 Å². The van der Waals surface area contributed by atoms with E-state index in [9.17, 15) is 4.79 Å². The van der Waals surface area contributed by atoms with E-state index in [1.54, 1.807) is 7.11 Å². The van der Waals surface area contributed by atoms with Gasteiger partial charge in [0.25, 0.3) is 0 Å². The summed E-state index contributed by atoms with van der Waals surface area (Å²) < 4.78 is 5.33. The largest absolute Gasteiger partial charge is 0.497 e. The molecule has 0 spiro atoms. The maximum Gasteiger partial charge on any atom is 0.223 e. The number of carbonyl (C=O) groups excluding carboxylic acids is 1. The maximum atomic E-state index is 12.8. The van der Waals surface area contributed by atoms with Crippen LogP contribution in [0.1, 0.15) is 24.1 Å². The van der Waals surface area contributed by atoms with Crippen molar-refractivity contribution < 1.29 is 9.53 Å². The summed E-state index contributed by atoms with van der Waals surface area (Å²) in [7, 11) is 1.63. The van der Waals surface area contributed by atoms with Gasteiger partial charge in [0, 0.05) is 10.9 Å². The third-order valence-corrected chi connectivity index (χ3v) is 5.21. The molecule has 0 aliphatic carbocycles. The molecule has 3 rings (SSSR count). The number of carbonyl (C=O) groups is 1. The van der Waals surface area contributed by atoms with Gasteiger partial charge in [-0.1, -0.05) is 48.9 Å². The molecule has 0 aromatic heterocycles. The van der Waals surface area contributed by atoms with Gasteiger partial charge in [-0.15, -0.1) is 12.4 Å². The van der Waals surface area contributed by atoms with Gasteiger partial charge in [0.15, 0.2) is 0 Å². The van der Waals surface area contributed by atoms with Crippen LogP contribution < -0.4 is 15.4 Å². The quantitative estimate of drug-likeness (QED) is 0.782. The topological polar surface area (TPSA) is 50.4 Å². The molecule has 1 aliphatic heterocycles. The Morgan fingerprint density at radius 1 is 1.23 bits per heavy atom. The molecule has 1 saturated heterocycles. The first kappa shape index (κ1) is 20.6. The van der Waals surface area contributed by atoms with Gasteiger partial charge in [-0.2, -0.15) is 0 Å². The van der Waals surface area contributed by atoms with Crippen LogP contribution in [0.3, 0.4) is 0 Å². The molecule has 140 valence electrons. The van der Waals surface area contributed by atoms with Crippen molar-refractivity contribution in [3.05, 3.63) is 64.7 Å². The van der Waals surface area contributed by atoms with E-state index in [-0.39, 0.29) is 30.3 Å². The summed E-state index contributed by atoms with van der Waals surface area (Å²) in [5.41, 5.74) is 1.82. The molecular weight excluding hydrogens is 371 g/mol. The summed E-state index contributed by atoms with van der Waals surface area (Å²) in [5.74, 6) is 1.13. The number of amides is 1. The second-order valence-corrected chi connectivity index (χ2v) is 6.85. The number of rotatable bonds is 6. The molecule has 1 aliphatic rings. The number of hydrogen-bond donors (Lipinski definition) is 2. The first-order valence-corrected chi connectivity index (χ1v) is 8.87. The summed E-state index contributed by atoms with van der Waals surface area (Å²) in [6.45, 7) is 3.77. The van der Waals surface area contributed by atoms with Crippen LogP contribution in [0.2, 0.25) is 5.02 Å². The van der Waals surface area contributed by atoms with Crippen molar-refractivity contribution in [3.63, 3.8) is 0 Å². The highest BCUT2D eigenvalue weighted by atomic mass is 35.5. The Balaban J connectivity index is 0.00000243. The van der Waals surface area contributed by atoms with Crippen LogP contribution in [-0.4, -0.2) is 26.1 Å². The van der Waals surface area contributed by atoms with Crippen molar-refractivity contribution >= 4 is 29.9 Å². The molecule has 2 aromatic carbocycles. The summed E-state index contributed by atoms with van der Waals surface area (Å²) in [6, 6.07) is 15.0. The van der Waals surface area contributed by atoms with E-state index in [1.165, 1.54) is 0 Å². The molecule has 1 fully saturated rings. The monoisotopic (exact) mass is 394 g/mol. The van der Waals surface area contributed by atoms with Crippen molar-refractivity contribution in [1.82, 2.24) is 10.6 Å². The predicted octanol–water partition coefficient (Wildman–Crippen LogP) is 3.83. The number of ether oxygens (including phenoxy) is 1. The molecule has 2 unspecified atom stereocenters. The highest BCUT2D eigenvalue weighted by Crippen LogP contribution is 2.31. The molecule has 0 bridgehead atoms. The summed E-state index contributed by atoms with van der Waals surface area (Å²) in [6.07, 6.45) is 0. The van der Waals surface area contributed by atoms with Crippen molar-refractivity contribution in [2.45, 2.75) is 13.0 Å². The van der Waals surface area contributed by atoms with Crippen LogP contribution in [0.15, 0.2) is 48.5 Å². The summed E-state index contributed by atoms with van der Waals surface area (Å²) in [5, 5.41) is 7.04. The molecule has 1 amide bonds. The maximum absolute atomic E-state index is 12.8. The van der Waals surface area contributed by atoms with Gasteiger partial charge >= 0.3 is 0 Å². The SMILES string of the molecule is COc1cccc(C(NC(=O)C(C)C2CNC2)c2ccccc2Cl)c1.Cl. The zero-order valence-corrected chi connectivity index (χ0v) is 16.4. The van der Waals surface area contributed by atoms with Crippen LogP contribution in [0.25, 0.3) is 0 Å². The lowest BCUT2D eigenvalue weighted by atomic mass is 9.87. The van der Waals surface area contributed by atoms with Crippen molar-refractivity contribution in [3.8, 4) is 5.75 Å². The van der Waals surface area contributed by atoms with Crippen LogP contribution in [0, 0.1) is 11.8 Å². The van der Waals surface area contributed by atoms with Crippen molar-refractivity contribution in [2.24, 2.45) is 11.8 Å². The second kappa shape index (κ2) is 9.26. The molecule has 4 nitrogen and oxygen atoms in total. The number of benzene rings is 2. The minimum absolute atomic E-state index is 0. The number of halogens is 2. The zero-order valence-electron chi connectivity index (χ0n) is 14.9. The Kier molecular flexibility index (Phi) is 7.33. The fourth-order valence-corrected chi connectivity index (χ4v) is 3.27. The first-order chi connectivity index (χ1) is 12.1. The van der Waals surface area contributed by atoms with Crippen LogP contribution in [0.5, 0.6) is 5.75 Å². The molecule has 0 radical (unpaired) electrons. The molecule has 2 N–H and O–H groups in total. The summed E-state index contributed by atoms with van der Waals surface area (Å²) >= 11 is 6.41.